The third-order valence-electron chi connectivity index (χ3n) is 1.81. The maximum absolute atomic E-state index is 9.43. The maximum Gasteiger partial charge on any atom is 0.110 e. The van der Waals surface area contributed by atoms with Crippen LogP contribution in [0.5, 0.6) is 0 Å². The van der Waals surface area contributed by atoms with Gasteiger partial charge in [-0.2, -0.15) is 5.26 Å². The minimum absolute atomic E-state index is 0.147. The molecule has 0 heterocycles. The molecule has 0 bridgehead atoms. The van der Waals surface area contributed by atoms with Crippen LogP contribution in [0, 0.1) is 11.3 Å². The normalized spacial score (nSPS) is 11.7. The summed E-state index contributed by atoms with van der Waals surface area (Å²) in [6.45, 7) is 1.61. The second-order valence-corrected chi connectivity index (χ2v) is 2.85. The summed E-state index contributed by atoms with van der Waals surface area (Å²) < 4.78 is 0. The molecular formula is C11H11NO. The second kappa shape index (κ2) is 4.32. The van der Waals surface area contributed by atoms with Gasteiger partial charge in [-0.3, -0.25) is 0 Å². The molecule has 2 nitrogen and oxygen atoms in total. The van der Waals surface area contributed by atoms with Crippen molar-refractivity contribution >= 4 is 0 Å². The molecule has 2 heteroatoms. The van der Waals surface area contributed by atoms with Crippen molar-refractivity contribution in [1.29, 1.82) is 5.26 Å². The first-order valence-electron chi connectivity index (χ1n) is 4.07. The molecular weight excluding hydrogens is 162 g/mol. The van der Waals surface area contributed by atoms with E-state index in [-0.39, 0.29) is 5.76 Å². The van der Waals surface area contributed by atoms with E-state index >= 15 is 0 Å². The molecule has 0 radical (unpaired) electrons. The highest BCUT2D eigenvalue weighted by atomic mass is 16.3. The lowest BCUT2D eigenvalue weighted by Crippen LogP contribution is -1.91. The zero-order valence-corrected chi connectivity index (χ0v) is 7.49. The molecule has 13 heavy (non-hydrogen) atoms. The van der Waals surface area contributed by atoms with Crippen LogP contribution in [-0.2, 0) is 6.42 Å². The van der Waals surface area contributed by atoms with Gasteiger partial charge in [0.2, 0.25) is 0 Å². The molecule has 0 atom stereocenters. The predicted octanol–water partition coefficient (Wildman–Crippen LogP) is 2.58. The van der Waals surface area contributed by atoms with Gasteiger partial charge in [0.05, 0.1) is 11.6 Å². The number of hydrogen-bond donors (Lipinski definition) is 1. The van der Waals surface area contributed by atoms with Crippen LogP contribution in [0.4, 0.5) is 0 Å². The number of aliphatic hydroxyl groups excluding tert-OH is 1. The molecule has 0 aliphatic heterocycles. The van der Waals surface area contributed by atoms with Crippen LogP contribution in [0.3, 0.4) is 0 Å². The van der Waals surface area contributed by atoms with E-state index in [2.05, 4.69) is 0 Å². The molecule has 0 aromatic heterocycles. The van der Waals surface area contributed by atoms with Crippen molar-refractivity contribution < 1.29 is 5.11 Å². The summed E-state index contributed by atoms with van der Waals surface area (Å²) in [4.78, 5) is 0. The molecule has 1 aromatic carbocycles. The van der Waals surface area contributed by atoms with Crippen LogP contribution in [-0.4, -0.2) is 5.11 Å². The molecule has 0 amide bonds. The molecule has 0 saturated heterocycles. The van der Waals surface area contributed by atoms with Crippen molar-refractivity contribution in [1.82, 2.24) is 0 Å². The lowest BCUT2D eigenvalue weighted by Gasteiger charge is -2.00. The molecule has 1 N–H and O–H groups in total. The topological polar surface area (TPSA) is 44.0 Å². The van der Waals surface area contributed by atoms with Gasteiger partial charge in [-0.25, -0.2) is 0 Å². The second-order valence-electron chi connectivity index (χ2n) is 2.85. The van der Waals surface area contributed by atoms with Crippen molar-refractivity contribution in [3.8, 4) is 6.07 Å². The Morgan fingerprint density at radius 1 is 1.38 bits per heavy atom. The van der Waals surface area contributed by atoms with Crippen molar-refractivity contribution in [2.24, 2.45) is 0 Å². The quantitative estimate of drug-likeness (QED) is 0.551. The van der Waals surface area contributed by atoms with Crippen LogP contribution in [0.2, 0.25) is 0 Å². The zero-order valence-electron chi connectivity index (χ0n) is 7.49. The smallest absolute Gasteiger partial charge is 0.110 e. The highest BCUT2D eigenvalue weighted by Gasteiger charge is 2.00. The van der Waals surface area contributed by atoms with E-state index in [4.69, 9.17) is 5.26 Å². The van der Waals surface area contributed by atoms with Crippen molar-refractivity contribution in [3.63, 3.8) is 0 Å². The number of rotatable bonds is 2. The van der Waals surface area contributed by atoms with Crippen molar-refractivity contribution in [2.75, 3.05) is 0 Å². The Morgan fingerprint density at radius 3 is 2.54 bits per heavy atom. The lowest BCUT2D eigenvalue weighted by atomic mass is 10.1. The Balaban J connectivity index is 2.78. The number of nitriles is 1. The minimum atomic E-state index is 0.147. The van der Waals surface area contributed by atoms with Gasteiger partial charge in [0, 0.05) is 6.42 Å². The highest BCUT2D eigenvalue weighted by Crippen LogP contribution is 2.08. The fourth-order valence-electron chi connectivity index (χ4n) is 0.986. The van der Waals surface area contributed by atoms with Crippen molar-refractivity contribution in [3.05, 3.63) is 47.2 Å². The SMILES string of the molecule is CC(C#N)=C(O)Cc1ccccc1. The standard InChI is InChI=1S/C11H11NO/c1-9(8-12)11(13)7-10-5-3-2-4-6-10/h2-6,13H,7H2,1H3. The Morgan fingerprint density at radius 2 is 2.00 bits per heavy atom. The number of benzene rings is 1. The van der Waals surface area contributed by atoms with Crippen LogP contribution in [0.15, 0.2) is 41.7 Å². The van der Waals surface area contributed by atoms with Gasteiger partial charge in [-0.05, 0) is 12.5 Å². The molecule has 0 fully saturated rings. The first-order chi connectivity index (χ1) is 6.24. The average Bonchev–Trinajstić information content (AvgIpc) is 2.18. The third-order valence-corrected chi connectivity index (χ3v) is 1.81. The first kappa shape index (κ1) is 9.34. The number of allylic oxidation sites excluding steroid dienone is 2. The molecule has 66 valence electrons. The predicted molar refractivity (Wildman–Crippen MR) is 51.1 cm³/mol. The van der Waals surface area contributed by atoms with E-state index in [1.165, 1.54) is 0 Å². The molecule has 0 aliphatic carbocycles. The van der Waals surface area contributed by atoms with Gasteiger partial charge < -0.3 is 5.11 Å². The molecule has 1 aromatic rings. The van der Waals surface area contributed by atoms with Gasteiger partial charge in [-0.1, -0.05) is 30.3 Å². The monoisotopic (exact) mass is 173 g/mol. The Hall–Kier alpha value is -1.75. The Labute approximate surface area is 77.8 Å². The van der Waals surface area contributed by atoms with E-state index in [0.717, 1.165) is 5.56 Å². The minimum Gasteiger partial charge on any atom is -0.511 e. The third kappa shape index (κ3) is 2.64. The molecule has 0 aliphatic rings. The van der Waals surface area contributed by atoms with Crippen LogP contribution in [0.1, 0.15) is 12.5 Å². The van der Waals surface area contributed by atoms with Crippen LogP contribution in [0.25, 0.3) is 0 Å². The molecule has 0 saturated carbocycles. The summed E-state index contributed by atoms with van der Waals surface area (Å²) in [5, 5.41) is 17.9. The van der Waals surface area contributed by atoms with Crippen molar-refractivity contribution in [2.45, 2.75) is 13.3 Å². The number of hydrogen-bond acceptors (Lipinski definition) is 2. The van der Waals surface area contributed by atoms with Gasteiger partial charge in [0.25, 0.3) is 0 Å². The molecule has 0 spiro atoms. The highest BCUT2D eigenvalue weighted by molar-refractivity contribution is 5.26. The fraction of sp³-hybridized carbons (Fsp3) is 0.182. The summed E-state index contributed by atoms with van der Waals surface area (Å²) in [6, 6.07) is 11.5. The van der Waals surface area contributed by atoms with Crippen LogP contribution >= 0.6 is 0 Å². The van der Waals surface area contributed by atoms with Gasteiger partial charge in [0.15, 0.2) is 0 Å². The maximum atomic E-state index is 9.43. The number of aliphatic hydroxyl groups is 1. The van der Waals surface area contributed by atoms with E-state index < -0.39 is 0 Å². The fourth-order valence-corrected chi connectivity index (χ4v) is 0.986. The van der Waals surface area contributed by atoms with Crippen LogP contribution < -0.4 is 0 Å². The molecule has 1 rings (SSSR count). The summed E-state index contributed by atoms with van der Waals surface area (Å²) in [7, 11) is 0. The Bertz CT molecular complexity index is 346. The van der Waals surface area contributed by atoms with Gasteiger partial charge in [0.1, 0.15) is 5.76 Å². The Kier molecular flexibility index (Phi) is 3.10. The molecule has 0 unspecified atom stereocenters. The zero-order chi connectivity index (χ0) is 9.68. The average molecular weight is 173 g/mol. The number of nitrogens with zero attached hydrogens (tertiary/aromatic N) is 1. The van der Waals surface area contributed by atoms with Gasteiger partial charge >= 0.3 is 0 Å². The van der Waals surface area contributed by atoms with E-state index in [0.29, 0.717) is 12.0 Å². The first-order valence-corrected chi connectivity index (χ1v) is 4.07. The van der Waals surface area contributed by atoms with E-state index in [1.807, 2.05) is 36.4 Å². The van der Waals surface area contributed by atoms with Gasteiger partial charge in [-0.15, -0.1) is 0 Å². The largest absolute Gasteiger partial charge is 0.511 e. The lowest BCUT2D eigenvalue weighted by molar-refractivity contribution is 0.394. The van der Waals surface area contributed by atoms with E-state index in [1.54, 1.807) is 6.92 Å². The summed E-state index contributed by atoms with van der Waals surface area (Å²) in [5.41, 5.74) is 1.39. The summed E-state index contributed by atoms with van der Waals surface area (Å²) in [6.07, 6.45) is 0.431. The van der Waals surface area contributed by atoms with E-state index in [9.17, 15) is 5.11 Å². The summed E-state index contributed by atoms with van der Waals surface area (Å²) >= 11 is 0. The summed E-state index contributed by atoms with van der Waals surface area (Å²) in [5.74, 6) is 0.147.